The third kappa shape index (κ3) is 37.0. The molecule has 0 aromatic heterocycles. The van der Waals surface area contributed by atoms with Crippen LogP contribution in [0.3, 0.4) is 0 Å². The zero-order valence-corrected chi connectivity index (χ0v) is 91.2. The van der Waals surface area contributed by atoms with Crippen molar-refractivity contribution in [1.29, 1.82) is 0 Å². The van der Waals surface area contributed by atoms with Gasteiger partial charge in [-0.05, 0) is 362 Å². The zero-order valence-electron chi connectivity index (χ0n) is 91.2. The Balaban J connectivity index is 0.000000339. The average Bonchev–Trinajstić information content (AvgIpc) is 0.811. The second-order valence-electron chi connectivity index (χ2n) is 44.6. The molecule has 3 aliphatic carbocycles. The molecule has 0 radical (unpaired) electrons. The van der Waals surface area contributed by atoms with E-state index >= 15 is 0 Å². The Kier molecular flexibility index (Phi) is 53.4. The summed E-state index contributed by atoms with van der Waals surface area (Å²) in [6.45, 7) is 61.1. The molecule has 0 unspecified atom stereocenters. The predicted octanol–water partition coefficient (Wildman–Crippen LogP) is 32.4. The average molecular weight is 2000 g/mol. The number of aromatic hydroxyl groups is 4. The normalized spacial score (nSPS) is 18.9. The van der Waals surface area contributed by atoms with Gasteiger partial charge < -0.3 is 39.4 Å². The molecule has 9 aromatic rings. The molecule has 0 spiro atoms. The van der Waals surface area contributed by atoms with Crippen LogP contribution in [-0.4, -0.2) is 157 Å². The molecule has 146 heavy (non-hydrogen) atoms. The Morgan fingerprint density at radius 1 is 0.267 bits per heavy atom. The minimum absolute atomic E-state index is 0. The Labute approximate surface area is 885 Å². The van der Waals surface area contributed by atoms with Crippen molar-refractivity contribution in [3.05, 3.63) is 297 Å². The summed E-state index contributed by atoms with van der Waals surface area (Å²) in [7, 11) is 0. The van der Waals surface area contributed by atoms with E-state index in [1.807, 2.05) is 128 Å². The van der Waals surface area contributed by atoms with Crippen LogP contribution in [0, 0.1) is 53.3 Å². The molecular formula is C130H194N4O12. The van der Waals surface area contributed by atoms with Gasteiger partial charge in [0.1, 0.15) is 47.4 Å². The van der Waals surface area contributed by atoms with Crippen LogP contribution in [0.15, 0.2) is 224 Å². The maximum absolute atomic E-state index is 13.3. The fourth-order valence-corrected chi connectivity index (χ4v) is 22.5. The molecule has 16 heteroatoms. The van der Waals surface area contributed by atoms with Gasteiger partial charge in [-0.25, -0.2) is 19.2 Å². The van der Waals surface area contributed by atoms with Gasteiger partial charge >= 0.3 is 23.9 Å². The smallest absolute Gasteiger partial charge is 0.338 e. The quantitative estimate of drug-likeness (QED) is 0.0209. The van der Waals surface area contributed by atoms with E-state index in [2.05, 4.69) is 241 Å². The van der Waals surface area contributed by atoms with E-state index < -0.39 is 5.97 Å². The first-order valence-corrected chi connectivity index (χ1v) is 53.9. The molecule has 3 saturated carbocycles. The number of phenols is 4. The molecule has 3 fully saturated rings. The van der Waals surface area contributed by atoms with E-state index in [1.165, 1.54) is 19.3 Å². The lowest BCUT2D eigenvalue weighted by Crippen LogP contribution is -2.38. The highest BCUT2D eigenvalue weighted by Gasteiger charge is 2.39. The van der Waals surface area contributed by atoms with Gasteiger partial charge in [-0.1, -0.05) is 263 Å². The summed E-state index contributed by atoms with van der Waals surface area (Å²) in [6.07, 6.45) is 12.6. The van der Waals surface area contributed by atoms with Crippen LogP contribution < -0.4 is 0 Å². The highest BCUT2D eigenvalue weighted by atomic mass is 16.6. The van der Waals surface area contributed by atoms with Crippen molar-refractivity contribution in [3.8, 4) is 23.0 Å². The third-order valence-corrected chi connectivity index (χ3v) is 30.6. The van der Waals surface area contributed by atoms with E-state index in [1.54, 1.807) is 54.6 Å². The topological polar surface area (TPSA) is 199 Å². The molecule has 16 nitrogen and oxygen atoms in total. The van der Waals surface area contributed by atoms with Crippen LogP contribution in [0.5, 0.6) is 23.0 Å². The molecule has 806 valence electrons. The summed E-state index contributed by atoms with van der Waals surface area (Å²) in [6, 6.07) is 75.0. The molecule has 9 aromatic carbocycles. The van der Waals surface area contributed by atoms with Crippen molar-refractivity contribution in [1.82, 2.24) is 19.6 Å². The van der Waals surface area contributed by atoms with Crippen molar-refractivity contribution >= 4 is 23.9 Å². The van der Waals surface area contributed by atoms with Crippen LogP contribution in [0.4, 0.5) is 0 Å². The van der Waals surface area contributed by atoms with Crippen LogP contribution in [0.2, 0.25) is 0 Å². The largest absolute Gasteiger partial charge is 0.508 e. The van der Waals surface area contributed by atoms with Crippen LogP contribution in [0.1, 0.15) is 414 Å². The summed E-state index contributed by atoms with van der Waals surface area (Å²) in [5, 5.41) is 43.6. The monoisotopic (exact) mass is 2000 g/mol. The third-order valence-electron chi connectivity index (χ3n) is 30.6. The zero-order chi connectivity index (χ0) is 104. The van der Waals surface area contributed by atoms with Gasteiger partial charge in [0.05, 0.1) is 22.3 Å². The summed E-state index contributed by atoms with van der Waals surface area (Å²) < 4.78 is 24.1. The SMILES string of the molecule is C.C.C.C.CC(C)N(CC[C@H](c1ccccc1)c1cc(C(=O)O[C@@H](C)c2ccccc2)ccc1O)C(C)C.CC(C)[C@@H]1CC[C@@H](C)C[C@H]1OC(=O)c1ccc(O)c([C@@H](CCN(C(C)C)C(C)C)c2ccccc2)c1.CC(C)[C@@H]1CC[C@@H](C)C[C@H]1OC(=O)c1ccc(O)c([C@H](CCN(C(C)C)C(C)C)c2ccccc2)c1.CC(C)[C@H]1CC[C@H](C)C[C@@H]1OC(=O)c1ccc(O)c([C@H](CCN(C(C)C)C(C)C)c2ccccc2)c1. The van der Waals surface area contributed by atoms with Gasteiger partial charge in [-0.15, -0.1) is 0 Å². The number of hydrogen-bond donors (Lipinski definition) is 4. The van der Waals surface area contributed by atoms with Gasteiger partial charge in [0, 0.05) is 94.3 Å². The van der Waals surface area contributed by atoms with Crippen molar-refractivity contribution in [2.75, 3.05) is 26.2 Å². The lowest BCUT2D eigenvalue weighted by Gasteiger charge is -2.36. The summed E-state index contributed by atoms with van der Waals surface area (Å²) in [4.78, 5) is 62.9. The van der Waals surface area contributed by atoms with Crippen LogP contribution in [0.25, 0.3) is 0 Å². The number of rotatable bonds is 40. The molecule has 0 saturated heterocycles. The molecule has 14 atom stereocenters. The van der Waals surface area contributed by atoms with Gasteiger partial charge in [-0.3, -0.25) is 19.6 Å². The molecule has 0 aliphatic heterocycles. The van der Waals surface area contributed by atoms with Crippen molar-refractivity contribution in [3.63, 3.8) is 0 Å². The van der Waals surface area contributed by atoms with E-state index in [9.17, 15) is 39.6 Å². The number of ether oxygens (including phenoxy) is 4. The number of carbonyl (C=O) groups excluding carboxylic acids is 4. The second-order valence-corrected chi connectivity index (χ2v) is 44.6. The van der Waals surface area contributed by atoms with E-state index in [0.29, 0.717) is 124 Å². The van der Waals surface area contributed by atoms with E-state index in [-0.39, 0.29) is 119 Å². The predicted molar refractivity (Wildman–Crippen MR) is 611 cm³/mol. The van der Waals surface area contributed by atoms with Crippen molar-refractivity contribution in [2.45, 2.75) is 390 Å². The molecule has 0 heterocycles. The fraction of sp³-hybridized carbons (Fsp3) is 0.554. The highest BCUT2D eigenvalue weighted by Crippen LogP contribution is 2.45. The lowest BCUT2D eigenvalue weighted by molar-refractivity contribution is -0.0181. The molecule has 0 bridgehead atoms. The Morgan fingerprint density at radius 3 is 0.651 bits per heavy atom. The fourth-order valence-electron chi connectivity index (χ4n) is 22.5. The Morgan fingerprint density at radius 2 is 0.459 bits per heavy atom. The van der Waals surface area contributed by atoms with Crippen molar-refractivity contribution < 1.29 is 58.6 Å². The standard InChI is InChI=1S/3C32H47NO3.C30H37NO3.4CH4/c3*1-21(2)27-15-13-24(7)19-31(27)36-32(35)26-14-16-30(34)29(20-26)28(25-11-9-8-10-12-25)17-18-33(22(3)4)23(5)6;1-21(2)31(22(3)4)19-18-27(25-14-10-7-11-15-25)28-20-26(16-17-29(28)32)30(33)34-23(5)24-12-8-6-9-13-24;;;;/h3*8-12,14,16,20-24,27-28,31,34H,13,15,17-19H2,1-7H3;6-17,20-23,27,32H,18-19H2,1-5H3;4*1H4/t2*24-,27+,28+,31-;24-,27+,28-,31-;23-,27+;;;;/m1010..../s1. The van der Waals surface area contributed by atoms with Crippen LogP contribution in [-0.2, 0) is 18.9 Å². The van der Waals surface area contributed by atoms with Crippen LogP contribution >= 0.6 is 0 Å². The summed E-state index contributed by atoms with van der Waals surface area (Å²) >= 11 is 0. The first kappa shape index (κ1) is 126. The first-order valence-electron chi connectivity index (χ1n) is 53.9. The van der Waals surface area contributed by atoms with E-state index in [4.69, 9.17) is 18.9 Å². The molecule has 4 N–H and O–H groups in total. The summed E-state index contributed by atoms with van der Waals surface area (Å²) in [5.74, 6) is 3.92. The minimum atomic E-state index is -0.393. The van der Waals surface area contributed by atoms with Gasteiger partial charge in [0.2, 0.25) is 0 Å². The number of phenolic OH excluding ortho intramolecular Hbond substituents is 4. The first-order chi connectivity index (χ1) is 67.5. The second kappa shape index (κ2) is 61.8. The molecule has 0 amide bonds. The number of esters is 4. The van der Waals surface area contributed by atoms with Gasteiger partial charge in [0.25, 0.3) is 0 Å². The number of carbonyl (C=O) groups is 4. The number of benzene rings is 9. The van der Waals surface area contributed by atoms with Gasteiger partial charge in [0.15, 0.2) is 0 Å². The van der Waals surface area contributed by atoms with Crippen molar-refractivity contribution in [2.24, 2.45) is 53.3 Å². The van der Waals surface area contributed by atoms with E-state index in [0.717, 1.165) is 140 Å². The molecule has 12 rings (SSSR count). The maximum Gasteiger partial charge on any atom is 0.338 e. The number of hydrogen-bond acceptors (Lipinski definition) is 16. The van der Waals surface area contributed by atoms with Gasteiger partial charge in [-0.2, -0.15) is 0 Å². The molecular weight excluding hydrogens is 1810 g/mol. The minimum Gasteiger partial charge on any atom is -0.508 e. The highest BCUT2D eigenvalue weighted by molar-refractivity contribution is 5.92. The lowest BCUT2D eigenvalue weighted by atomic mass is 9.75. The Hall–Kier alpha value is -10.1. The Bertz CT molecular complexity index is 4840. The number of nitrogens with zero attached hydrogens (tertiary/aromatic N) is 4. The summed E-state index contributed by atoms with van der Waals surface area (Å²) in [5.41, 5.74) is 10.6. The maximum atomic E-state index is 13.3. The molecule has 3 aliphatic rings.